The van der Waals surface area contributed by atoms with Crippen molar-refractivity contribution in [2.24, 2.45) is 11.8 Å². The van der Waals surface area contributed by atoms with Crippen molar-refractivity contribution in [3.05, 3.63) is 157 Å². The largest absolute Gasteiger partial charge is 0.344 e. The first-order chi connectivity index (χ1) is 23.2. The highest BCUT2D eigenvalue weighted by molar-refractivity contribution is 7.80. The van der Waals surface area contributed by atoms with Crippen molar-refractivity contribution in [2.75, 3.05) is 13.1 Å². The molecule has 5 aromatic carbocycles. The van der Waals surface area contributed by atoms with E-state index in [1.165, 1.54) is 17.0 Å². The fraction of sp³-hybridized carbons (Fsp3) is 0.190. The van der Waals surface area contributed by atoms with Crippen molar-refractivity contribution in [1.82, 2.24) is 15.2 Å². The van der Waals surface area contributed by atoms with E-state index in [2.05, 4.69) is 149 Å². The fourth-order valence-corrected chi connectivity index (χ4v) is 10.6. The fourth-order valence-electron chi connectivity index (χ4n) is 7.95. The van der Waals surface area contributed by atoms with E-state index in [4.69, 9.17) is 0 Å². The molecule has 5 atom stereocenters. The number of benzene rings is 5. The number of piperidine rings is 3. The van der Waals surface area contributed by atoms with Crippen LogP contribution in [0.1, 0.15) is 34.8 Å². The van der Waals surface area contributed by atoms with Gasteiger partial charge >= 0.3 is 0 Å². The number of nitrogens with zero attached hydrogens (tertiary/aromatic N) is 2. The molecule has 4 nitrogen and oxygen atoms in total. The quantitative estimate of drug-likeness (QED) is 0.140. The van der Waals surface area contributed by atoms with Crippen molar-refractivity contribution in [3.8, 4) is 0 Å². The molecule has 232 valence electrons. The second kappa shape index (κ2) is 12.9. The molecule has 6 aromatic rings. The van der Waals surface area contributed by atoms with Crippen LogP contribution in [0.25, 0.3) is 21.7 Å². The molecule has 0 spiro atoms. The number of para-hydroxylation sites is 1. The lowest BCUT2D eigenvalue weighted by atomic mass is 9.73. The van der Waals surface area contributed by atoms with Crippen molar-refractivity contribution in [3.63, 3.8) is 0 Å². The van der Waals surface area contributed by atoms with Gasteiger partial charge in [-0.15, -0.1) is 6.58 Å². The van der Waals surface area contributed by atoms with Crippen LogP contribution in [-0.2, 0) is 0 Å². The molecule has 3 aliphatic rings. The highest BCUT2D eigenvalue weighted by Crippen LogP contribution is 2.43. The molecular formula is C42H38N3OP. The van der Waals surface area contributed by atoms with Gasteiger partial charge in [0.2, 0.25) is 0 Å². The minimum Gasteiger partial charge on any atom is -0.344 e. The van der Waals surface area contributed by atoms with Gasteiger partial charge in [-0.25, -0.2) is 0 Å². The first-order valence-electron chi connectivity index (χ1n) is 16.6. The highest BCUT2D eigenvalue weighted by atomic mass is 31.1. The number of aromatic nitrogens is 1. The lowest BCUT2D eigenvalue weighted by molar-refractivity contribution is 0.00172. The van der Waals surface area contributed by atoms with Gasteiger partial charge in [0.15, 0.2) is 0 Å². The normalized spacial score (nSPS) is 21.1. The summed E-state index contributed by atoms with van der Waals surface area (Å²) in [7, 11) is -1.03. The average molecular weight is 632 g/mol. The van der Waals surface area contributed by atoms with Gasteiger partial charge in [0.05, 0.1) is 11.6 Å². The van der Waals surface area contributed by atoms with E-state index >= 15 is 4.79 Å². The Bertz CT molecular complexity index is 2020. The van der Waals surface area contributed by atoms with E-state index in [1.54, 1.807) is 0 Å². The SMILES string of the molecule is C=C[C@H]1CN2CC[C@H]1C[C@@H]2[C@H](NC(=O)c1ccc2ccccc2c1P(c1ccccc1)c1ccccc1)c1ccnc2ccccc12. The topological polar surface area (TPSA) is 45.2 Å². The molecule has 1 N–H and O–H groups in total. The molecule has 5 heteroatoms. The van der Waals surface area contributed by atoms with Gasteiger partial charge in [0.1, 0.15) is 0 Å². The molecule has 3 saturated heterocycles. The second-order valence-corrected chi connectivity index (χ2v) is 15.0. The van der Waals surface area contributed by atoms with Gasteiger partial charge < -0.3 is 5.32 Å². The summed E-state index contributed by atoms with van der Waals surface area (Å²) in [6, 6.07) is 44.4. The number of amides is 1. The Balaban J connectivity index is 1.28. The van der Waals surface area contributed by atoms with E-state index in [9.17, 15) is 0 Å². The number of nitrogens with one attached hydrogen (secondary N) is 1. The third-order valence-electron chi connectivity index (χ3n) is 10.2. The zero-order chi connectivity index (χ0) is 31.7. The Kier molecular flexibility index (Phi) is 8.15. The zero-order valence-corrected chi connectivity index (χ0v) is 27.3. The van der Waals surface area contributed by atoms with Gasteiger partial charge in [-0.3, -0.25) is 14.7 Å². The molecule has 1 aromatic heterocycles. The monoisotopic (exact) mass is 631 g/mol. The molecule has 9 rings (SSSR count). The van der Waals surface area contributed by atoms with E-state index < -0.39 is 7.92 Å². The molecule has 0 radical (unpaired) electrons. The van der Waals surface area contributed by atoms with E-state index in [0.717, 1.165) is 57.6 Å². The molecule has 1 unspecified atom stereocenters. The Morgan fingerprint density at radius 1 is 0.830 bits per heavy atom. The molecule has 3 aliphatic heterocycles. The number of pyridine rings is 1. The molecular weight excluding hydrogens is 593 g/mol. The first-order valence-corrected chi connectivity index (χ1v) is 18.0. The van der Waals surface area contributed by atoms with Crippen LogP contribution >= 0.6 is 7.92 Å². The molecule has 0 saturated carbocycles. The number of fused-ring (bicyclic) bond motifs is 5. The van der Waals surface area contributed by atoms with Gasteiger partial charge in [-0.2, -0.15) is 0 Å². The number of hydrogen-bond acceptors (Lipinski definition) is 3. The maximum Gasteiger partial charge on any atom is 0.252 e. The Labute approximate surface area is 277 Å². The lowest BCUT2D eigenvalue weighted by Gasteiger charge is -2.51. The summed E-state index contributed by atoms with van der Waals surface area (Å²) in [4.78, 5) is 22.3. The first kappa shape index (κ1) is 29.8. The summed E-state index contributed by atoms with van der Waals surface area (Å²) in [6.07, 6.45) is 6.24. The Morgan fingerprint density at radius 3 is 2.21 bits per heavy atom. The van der Waals surface area contributed by atoms with Crippen molar-refractivity contribution in [2.45, 2.75) is 24.9 Å². The molecule has 2 bridgehead atoms. The van der Waals surface area contributed by atoms with Crippen LogP contribution in [0.4, 0.5) is 0 Å². The smallest absolute Gasteiger partial charge is 0.252 e. The summed E-state index contributed by atoms with van der Waals surface area (Å²) < 4.78 is 0. The van der Waals surface area contributed by atoms with Crippen molar-refractivity contribution >= 4 is 51.4 Å². The summed E-state index contributed by atoms with van der Waals surface area (Å²) in [5, 5.41) is 10.6. The average Bonchev–Trinajstić information content (AvgIpc) is 3.14. The maximum absolute atomic E-state index is 15.0. The van der Waals surface area contributed by atoms with E-state index in [-0.39, 0.29) is 18.0 Å². The summed E-state index contributed by atoms with van der Waals surface area (Å²) in [5.74, 6) is 1.05. The predicted octanol–water partition coefficient (Wildman–Crippen LogP) is 7.51. The summed E-state index contributed by atoms with van der Waals surface area (Å²) >= 11 is 0. The predicted molar refractivity (Wildman–Crippen MR) is 196 cm³/mol. The summed E-state index contributed by atoms with van der Waals surface area (Å²) in [5.41, 5.74) is 2.82. The standard InChI is InChI=1S/C42H38N3OP/c1-2-29-28-45-26-24-31(29)27-39(45)40(36-23-25-43-38-20-12-11-19-35(36)38)44-42(46)37-22-21-30-13-9-10-18-34(30)41(37)47(32-14-5-3-6-15-32)33-16-7-4-8-17-33/h2-23,25,29,31,39-40H,1,24,26-28H2,(H,44,46)/t29-,31-,39+,40+/m0/s1. The van der Waals surface area contributed by atoms with Crippen LogP contribution in [0, 0.1) is 11.8 Å². The number of carbonyl (C=O) groups is 1. The maximum atomic E-state index is 15.0. The lowest BCUT2D eigenvalue weighted by Crippen LogP contribution is -2.57. The van der Waals surface area contributed by atoms with Crippen LogP contribution in [0.3, 0.4) is 0 Å². The third-order valence-corrected chi connectivity index (χ3v) is 12.8. The number of hydrogen-bond donors (Lipinski definition) is 1. The van der Waals surface area contributed by atoms with Crippen LogP contribution in [0.5, 0.6) is 0 Å². The Morgan fingerprint density at radius 2 is 1.51 bits per heavy atom. The minimum absolute atomic E-state index is 0.0288. The Hall–Kier alpha value is -4.63. The number of carbonyl (C=O) groups excluding carboxylic acids is 1. The minimum atomic E-state index is -1.03. The van der Waals surface area contributed by atoms with Gasteiger partial charge in [0, 0.05) is 35.0 Å². The van der Waals surface area contributed by atoms with Gasteiger partial charge in [-0.1, -0.05) is 115 Å². The van der Waals surface area contributed by atoms with Crippen LogP contribution < -0.4 is 21.2 Å². The number of rotatable bonds is 8. The van der Waals surface area contributed by atoms with Crippen LogP contribution in [-0.4, -0.2) is 34.9 Å². The highest BCUT2D eigenvalue weighted by Gasteiger charge is 2.43. The summed E-state index contributed by atoms with van der Waals surface area (Å²) in [6.45, 7) is 6.19. The van der Waals surface area contributed by atoms with Crippen molar-refractivity contribution in [1.29, 1.82) is 0 Å². The molecule has 0 aliphatic carbocycles. The zero-order valence-electron chi connectivity index (χ0n) is 26.4. The van der Waals surface area contributed by atoms with Crippen LogP contribution in [0.15, 0.2) is 146 Å². The van der Waals surface area contributed by atoms with Gasteiger partial charge in [-0.05, 0) is 84.3 Å². The van der Waals surface area contributed by atoms with Gasteiger partial charge in [0.25, 0.3) is 5.91 Å². The van der Waals surface area contributed by atoms with Crippen LogP contribution in [0.2, 0.25) is 0 Å². The third kappa shape index (κ3) is 5.56. The molecule has 4 heterocycles. The molecule has 1 amide bonds. The molecule has 3 fully saturated rings. The second-order valence-electron chi connectivity index (χ2n) is 12.8. The molecule has 47 heavy (non-hydrogen) atoms. The van der Waals surface area contributed by atoms with E-state index in [0.29, 0.717) is 11.8 Å². The van der Waals surface area contributed by atoms with Crippen molar-refractivity contribution < 1.29 is 4.79 Å². The van der Waals surface area contributed by atoms with E-state index in [1.807, 2.05) is 12.3 Å².